The minimum atomic E-state index is 0.648. The van der Waals surface area contributed by atoms with E-state index in [1.165, 1.54) is 27.5 Å². The smallest absolute Gasteiger partial charge is 0.0200 e. The predicted octanol–water partition coefficient (Wildman–Crippen LogP) is 3.76. The highest BCUT2D eigenvalue weighted by Gasteiger charge is 2.06. The molecule has 0 radical (unpaired) electrons. The molecule has 3 heteroatoms. The molecule has 1 nitrogen and oxygen atoms in total. The van der Waals surface area contributed by atoms with Crippen molar-refractivity contribution in [1.29, 1.82) is 0 Å². The van der Waals surface area contributed by atoms with Gasteiger partial charge in [0.05, 0.1) is 0 Å². The molecule has 1 aromatic rings. The molecule has 0 aliphatic carbocycles. The molecule has 84 valence electrons. The first-order valence-corrected chi connectivity index (χ1v) is 7.38. The molecule has 0 fully saturated rings. The minimum absolute atomic E-state index is 0.648. The third kappa shape index (κ3) is 3.74. The van der Waals surface area contributed by atoms with Crippen molar-refractivity contribution < 1.29 is 0 Å². The monoisotopic (exact) mass is 241 g/mol. The van der Waals surface area contributed by atoms with Crippen LogP contribution in [0.1, 0.15) is 25.8 Å². The molecule has 0 saturated carbocycles. The Kier molecular flexibility index (Phi) is 6.22. The van der Waals surface area contributed by atoms with Crippen LogP contribution in [0.4, 0.5) is 0 Å². The highest BCUT2D eigenvalue weighted by Crippen LogP contribution is 2.31. The Balaban J connectivity index is 2.88. The summed E-state index contributed by atoms with van der Waals surface area (Å²) in [5, 5.41) is 0. The number of hydrogen-bond donors (Lipinski definition) is 1. The van der Waals surface area contributed by atoms with E-state index in [4.69, 9.17) is 5.73 Å². The number of hydrogen-bond acceptors (Lipinski definition) is 3. The highest BCUT2D eigenvalue weighted by molar-refractivity contribution is 8.00. The SMILES string of the molecule is CCCSc1cccc(SCC)c1CN. The Hall–Kier alpha value is -0.120. The van der Waals surface area contributed by atoms with Crippen LogP contribution in [0.25, 0.3) is 0 Å². The van der Waals surface area contributed by atoms with Crippen LogP contribution < -0.4 is 5.73 Å². The van der Waals surface area contributed by atoms with Crippen LogP contribution in [0.5, 0.6) is 0 Å². The Morgan fingerprint density at radius 3 is 2.33 bits per heavy atom. The van der Waals surface area contributed by atoms with Gasteiger partial charge >= 0.3 is 0 Å². The summed E-state index contributed by atoms with van der Waals surface area (Å²) in [5.74, 6) is 2.28. The summed E-state index contributed by atoms with van der Waals surface area (Å²) in [7, 11) is 0. The second kappa shape index (κ2) is 7.20. The van der Waals surface area contributed by atoms with Gasteiger partial charge in [0.15, 0.2) is 0 Å². The lowest BCUT2D eigenvalue weighted by molar-refractivity contribution is 0.978. The van der Waals surface area contributed by atoms with Crippen molar-refractivity contribution in [2.24, 2.45) is 5.73 Å². The molecule has 0 saturated heterocycles. The van der Waals surface area contributed by atoms with Gasteiger partial charge in [-0.05, 0) is 35.6 Å². The van der Waals surface area contributed by atoms with Crippen LogP contribution in [0.2, 0.25) is 0 Å². The number of thioether (sulfide) groups is 2. The maximum absolute atomic E-state index is 5.83. The molecule has 0 bridgehead atoms. The molecule has 0 aliphatic rings. The summed E-state index contributed by atoms with van der Waals surface area (Å²) in [4.78, 5) is 2.71. The Morgan fingerprint density at radius 2 is 1.80 bits per heavy atom. The molecule has 2 N–H and O–H groups in total. The standard InChI is InChI=1S/C12H19NS2/c1-3-8-15-12-7-5-6-11(14-4-2)10(12)9-13/h5-7H,3-4,8-9,13H2,1-2H3. The summed E-state index contributed by atoms with van der Waals surface area (Å²) >= 11 is 3.80. The average molecular weight is 241 g/mol. The van der Waals surface area contributed by atoms with E-state index in [1.54, 1.807) is 0 Å². The molecule has 0 unspecified atom stereocenters. The number of benzene rings is 1. The van der Waals surface area contributed by atoms with Crippen molar-refractivity contribution in [1.82, 2.24) is 0 Å². The second-order valence-electron chi connectivity index (χ2n) is 3.22. The van der Waals surface area contributed by atoms with Gasteiger partial charge in [0.25, 0.3) is 0 Å². The molecule has 0 spiro atoms. The van der Waals surface area contributed by atoms with Crippen molar-refractivity contribution in [3.05, 3.63) is 23.8 Å². The first-order chi connectivity index (χ1) is 7.33. The minimum Gasteiger partial charge on any atom is -0.326 e. The molecule has 15 heavy (non-hydrogen) atoms. The lowest BCUT2D eigenvalue weighted by Gasteiger charge is -2.11. The van der Waals surface area contributed by atoms with E-state index in [9.17, 15) is 0 Å². The van der Waals surface area contributed by atoms with Crippen LogP contribution in [0, 0.1) is 0 Å². The summed E-state index contributed by atoms with van der Waals surface area (Å²) < 4.78 is 0. The molecular formula is C12H19NS2. The van der Waals surface area contributed by atoms with Gasteiger partial charge in [-0.3, -0.25) is 0 Å². The van der Waals surface area contributed by atoms with Crippen LogP contribution >= 0.6 is 23.5 Å². The molecular weight excluding hydrogens is 222 g/mol. The van der Waals surface area contributed by atoms with Gasteiger partial charge < -0.3 is 5.73 Å². The van der Waals surface area contributed by atoms with Gasteiger partial charge in [0.1, 0.15) is 0 Å². The fraction of sp³-hybridized carbons (Fsp3) is 0.500. The van der Waals surface area contributed by atoms with E-state index >= 15 is 0 Å². The van der Waals surface area contributed by atoms with Crippen LogP contribution in [0.3, 0.4) is 0 Å². The quantitative estimate of drug-likeness (QED) is 0.768. The maximum atomic E-state index is 5.83. The normalized spacial score (nSPS) is 10.6. The largest absolute Gasteiger partial charge is 0.326 e. The lowest BCUT2D eigenvalue weighted by atomic mass is 10.2. The topological polar surface area (TPSA) is 26.0 Å². The molecule has 0 aromatic heterocycles. The second-order valence-corrected chi connectivity index (χ2v) is 5.66. The van der Waals surface area contributed by atoms with E-state index in [-0.39, 0.29) is 0 Å². The first-order valence-electron chi connectivity index (χ1n) is 5.41. The van der Waals surface area contributed by atoms with Crippen LogP contribution in [-0.2, 0) is 6.54 Å². The average Bonchev–Trinajstić information content (AvgIpc) is 2.27. The molecule has 0 heterocycles. The van der Waals surface area contributed by atoms with Crippen molar-refractivity contribution in [3.8, 4) is 0 Å². The van der Waals surface area contributed by atoms with Gasteiger partial charge in [-0.2, -0.15) is 0 Å². The molecule has 1 rings (SSSR count). The van der Waals surface area contributed by atoms with E-state index < -0.39 is 0 Å². The summed E-state index contributed by atoms with van der Waals surface area (Å²) in [6.45, 7) is 5.03. The van der Waals surface area contributed by atoms with Crippen molar-refractivity contribution in [3.63, 3.8) is 0 Å². The van der Waals surface area contributed by atoms with Gasteiger partial charge in [0.2, 0.25) is 0 Å². The number of rotatable bonds is 6. The Bertz CT molecular complexity index is 300. The van der Waals surface area contributed by atoms with Crippen LogP contribution in [0.15, 0.2) is 28.0 Å². The molecule has 0 aliphatic heterocycles. The van der Waals surface area contributed by atoms with Crippen molar-refractivity contribution >= 4 is 23.5 Å². The third-order valence-corrected chi connectivity index (χ3v) is 4.34. The lowest BCUT2D eigenvalue weighted by Crippen LogP contribution is -2.01. The zero-order valence-corrected chi connectivity index (χ0v) is 11.1. The molecule has 0 amide bonds. The van der Waals surface area contributed by atoms with E-state index in [0.717, 1.165) is 5.75 Å². The highest BCUT2D eigenvalue weighted by atomic mass is 32.2. The zero-order chi connectivity index (χ0) is 11.1. The fourth-order valence-electron chi connectivity index (χ4n) is 1.38. The fourth-order valence-corrected chi connectivity index (χ4v) is 3.27. The van der Waals surface area contributed by atoms with E-state index in [0.29, 0.717) is 6.54 Å². The van der Waals surface area contributed by atoms with Gasteiger partial charge in [-0.25, -0.2) is 0 Å². The van der Waals surface area contributed by atoms with Crippen molar-refractivity contribution in [2.75, 3.05) is 11.5 Å². The number of nitrogens with two attached hydrogens (primary N) is 1. The van der Waals surface area contributed by atoms with Gasteiger partial charge in [-0.1, -0.05) is 19.9 Å². The van der Waals surface area contributed by atoms with Gasteiger partial charge in [-0.15, -0.1) is 23.5 Å². The van der Waals surface area contributed by atoms with Gasteiger partial charge in [0, 0.05) is 16.3 Å². The van der Waals surface area contributed by atoms with Crippen molar-refractivity contribution in [2.45, 2.75) is 36.6 Å². The van der Waals surface area contributed by atoms with E-state index in [1.807, 2.05) is 23.5 Å². The Labute approximate surface area is 101 Å². The third-order valence-electron chi connectivity index (χ3n) is 2.06. The van der Waals surface area contributed by atoms with E-state index in [2.05, 4.69) is 32.0 Å². The first kappa shape index (κ1) is 12.9. The van der Waals surface area contributed by atoms with Crippen LogP contribution in [-0.4, -0.2) is 11.5 Å². The molecule has 0 atom stereocenters. The summed E-state index contributed by atoms with van der Waals surface area (Å²) in [6, 6.07) is 6.49. The summed E-state index contributed by atoms with van der Waals surface area (Å²) in [5.41, 5.74) is 7.15. The maximum Gasteiger partial charge on any atom is 0.0200 e. The Morgan fingerprint density at radius 1 is 1.13 bits per heavy atom. The summed E-state index contributed by atoms with van der Waals surface area (Å²) in [6.07, 6.45) is 1.21. The molecule has 1 aromatic carbocycles. The predicted molar refractivity (Wildman–Crippen MR) is 71.7 cm³/mol. The zero-order valence-electron chi connectivity index (χ0n) is 9.45.